The van der Waals surface area contributed by atoms with Crippen LogP contribution in [0.3, 0.4) is 0 Å². The average molecular weight is 450 g/mol. The van der Waals surface area contributed by atoms with E-state index in [0.717, 1.165) is 11.1 Å². The van der Waals surface area contributed by atoms with Crippen LogP contribution in [0.2, 0.25) is 0 Å². The zero-order valence-electron chi connectivity index (χ0n) is 19.0. The van der Waals surface area contributed by atoms with Crippen molar-refractivity contribution in [2.45, 2.75) is 40.2 Å². The summed E-state index contributed by atoms with van der Waals surface area (Å²) in [5, 5.41) is 21.0. The quantitative estimate of drug-likeness (QED) is 0.489. The normalized spacial score (nSPS) is 16.3. The van der Waals surface area contributed by atoms with E-state index in [1.807, 2.05) is 39.0 Å². The van der Waals surface area contributed by atoms with Crippen molar-refractivity contribution in [2.75, 3.05) is 11.5 Å². The minimum absolute atomic E-state index is 0.0125. The number of nitrogens with one attached hydrogen (secondary N) is 1. The van der Waals surface area contributed by atoms with Crippen LogP contribution in [0.15, 0.2) is 47.7 Å². The van der Waals surface area contributed by atoms with Crippen molar-refractivity contribution in [3.63, 3.8) is 0 Å². The lowest BCUT2D eigenvalue weighted by atomic mass is 9.92. The maximum absolute atomic E-state index is 13.2. The van der Waals surface area contributed by atoms with E-state index in [0.29, 0.717) is 17.7 Å². The molecule has 172 valence electrons. The third-order valence-electron chi connectivity index (χ3n) is 5.55. The number of benzene rings is 2. The largest absolute Gasteiger partial charge is 0.504 e. The van der Waals surface area contributed by atoms with Crippen molar-refractivity contribution in [1.82, 2.24) is 9.97 Å². The number of Topliss-reactive ketones (excluding diaryl/α,β-unsaturated/α-hetero) is 1. The number of phenolic OH excluding ortho intramolecular Hbond substituents is 1. The van der Waals surface area contributed by atoms with Crippen molar-refractivity contribution >= 4 is 28.7 Å². The van der Waals surface area contributed by atoms with Gasteiger partial charge >= 0.3 is 0 Å². The number of aromatic hydroxyl groups is 1. The van der Waals surface area contributed by atoms with Crippen LogP contribution in [0.1, 0.15) is 44.4 Å². The second-order valence-corrected chi connectivity index (χ2v) is 8.60. The first-order valence-corrected chi connectivity index (χ1v) is 10.9. The molecule has 0 radical (unpaired) electrons. The van der Waals surface area contributed by atoms with E-state index in [-0.39, 0.29) is 41.1 Å². The van der Waals surface area contributed by atoms with Gasteiger partial charge in [-0.15, -0.1) is 0 Å². The molecule has 3 N–H and O–H groups in total. The van der Waals surface area contributed by atoms with E-state index in [2.05, 4.69) is 9.97 Å². The molecule has 0 bridgehead atoms. The first kappa shape index (κ1) is 22.4. The number of anilines is 1. The van der Waals surface area contributed by atoms with E-state index in [4.69, 9.17) is 4.74 Å². The zero-order chi connectivity index (χ0) is 23.9. The number of aromatic amines is 1. The van der Waals surface area contributed by atoms with Crippen molar-refractivity contribution in [3.05, 3.63) is 58.9 Å². The smallest absolute Gasteiger partial charge is 0.296 e. The average Bonchev–Trinajstić information content (AvgIpc) is 3.27. The number of carbonyl (C=O) groups is 2. The Bertz CT molecular complexity index is 1270. The molecule has 2 heterocycles. The number of ether oxygens (including phenoxy) is 1. The SMILES string of the molecule is CCOc1cc(C2C(C(=O)CC(C)C)=C(O)C(=O)N2c2nc3ccc(C)cc3[nH]2)ccc1O. The molecular weight excluding hydrogens is 422 g/mol. The minimum atomic E-state index is -0.926. The second-order valence-electron chi connectivity index (χ2n) is 8.60. The van der Waals surface area contributed by atoms with Crippen molar-refractivity contribution in [1.29, 1.82) is 0 Å². The molecule has 0 aliphatic carbocycles. The number of amides is 1. The number of carbonyl (C=O) groups excluding carboxylic acids is 2. The van der Waals surface area contributed by atoms with Gasteiger partial charge in [0.15, 0.2) is 23.0 Å². The van der Waals surface area contributed by atoms with Gasteiger partial charge in [0.05, 0.1) is 29.3 Å². The van der Waals surface area contributed by atoms with E-state index >= 15 is 0 Å². The van der Waals surface area contributed by atoms with Gasteiger partial charge in [-0.3, -0.25) is 14.5 Å². The predicted octanol–water partition coefficient (Wildman–Crippen LogP) is 4.49. The van der Waals surface area contributed by atoms with E-state index in [1.54, 1.807) is 19.1 Å². The molecule has 0 spiro atoms. The minimum Gasteiger partial charge on any atom is -0.504 e. The summed E-state index contributed by atoms with van der Waals surface area (Å²) in [6, 6.07) is 9.38. The number of phenols is 1. The maximum atomic E-state index is 13.2. The highest BCUT2D eigenvalue weighted by Gasteiger charge is 2.45. The van der Waals surface area contributed by atoms with Crippen LogP contribution in [0.25, 0.3) is 11.0 Å². The number of H-pyrrole nitrogens is 1. The van der Waals surface area contributed by atoms with E-state index < -0.39 is 17.7 Å². The Morgan fingerprint density at radius 3 is 2.67 bits per heavy atom. The number of hydrogen-bond donors (Lipinski definition) is 3. The number of aromatic nitrogens is 2. The molecule has 4 rings (SSSR count). The Kier molecular flexibility index (Phi) is 5.84. The van der Waals surface area contributed by atoms with Gasteiger partial charge in [-0.05, 0) is 55.2 Å². The molecule has 33 heavy (non-hydrogen) atoms. The molecule has 1 aromatic heterocycles. The van der Waals surface area contributed by atoms with Crippen LogP contribution < -0.4 is 9.64 Å². The van der Waals surface area contributed by atoms with Gasteiger partial charge in [0.25, 0.3) is 5.91 Å². The molecule has 8 nitrogen and oxygen atoms in total. The number of aryl methyl sites for hydroxylation is 1. The van der Waals surface area contributed by atoms with Gasteiger partial charge in [-0.2, -0.15) is 0 Å². The van der Waals surface area contributed by atoms with Crippen LogP contribution in [0.5, 0.6) is 11.5 Å². The van der Waals surface area contributed by atoms with Gasteiger partial charge in [0.1, 0.15) is 0 Å². The van der Waals surface area contributed by atoms with Crippen LogP contribution in [-0.2, 0) is 9.59 Å². The fourth-order valence-electron chi connectivity index (χ4n) is 4.10. The van der Waals surface area contributed by atoms with Gasteiger partial charge in [0, 0.05) is 6.42 Å². The number of hydrogen-bond acceptors (Lipinski definition) is 6. The number of aliphatic hydroxyl groups excluding tert-OH is 1. The van der Waals surface area contributed by atoms with Crippen LogP contribution in [0, 0.1) is 12.8 Å². The van der Waals surface area contributed by atoms with Crippen molar-refractivity contribution in [2.24, 2.45) is 5.92 Å². The fraction of sp³-hybridized carbons (Fsp3) is 0.320. The molecule has 1 aliphatic rings. The van der Waals surface area contributed by atoms with Gasteiger partial charge < -0.3 is 19.9 Å². The molecular formula is C25H27N3O5. The highest BCUT2D eigenvalue weighted by atomic mass is 16.5. The fourth-order valence-corrected chi connectivity index (χ4v) is 4.10. The lowest BCUT2D eigenvalue weighted by Crippen LogP contribution is -2.32. The number of rotatable bonds is 7. The number of ketones is 1. The van der Waals surface area contributed by atoms with Gasteiger partial charge in [-0.25, -0.2) is 4.98 Å². The molecule has 1 atom stereocenters. The summed E-state index contributed by atoms with van der Waals surface area (Å²) in [7, 11) is 0. The number of aliphatic hydroxyl groups is 1. The third kappa shape index (κ3) is 4.04. The molecule has 0 saturated carbocycles. The zero-order valence-corrected chi connectivity index (χ0v) is 19.0. The Morgan fingerprint density at radius 2 is 1.97 bits per heavy atom. The molecule has 3 aromatic rings. The Balaban J connectivity index is 1.88. The second kappa shape index (κ2) is 8.61. The standard InChI is InChI=1S/C25H27N3O5/c1-5-33-20-12-15(7-9-18(20)29)22-21(19(30)10-13(2)3)23(31)24(32)28(22)25-26-16-8-6-14(4)11-17(16)27-25/h6-9,11-13,22,29,31H,5,10H2,1-4H3,(H,26,27). The summed E-state index contributed by atoms with van der Waals surface area (Å²) in [5.41, 5.74) is 2.94. The van der Waals surface area contributed by atoms with Gasteiger partial charge in [-0.1, -0.05) is 26.0 Å². The number of imidazole rings is 1. The van der Waals surface area contributed by atoms with E-state index in [9.17, 15) is 19.8 Å². The number of fused-ring (bicyclic) bond motifs is 1. The summed E-state index contributed by atoms with van der Waals surface area (Å²) in [5.74, 6) is -1.20. The van der Waals surface area contributed by atoms with Gasteiger partial charge in [0.2, 0.25) is 5.95 Å². The summed E-state index contributed by atoms with van der Waals surface area (Å²) < 4.78 is 5.51. The molecule has 0 saturated heterocycles. The Hall–Kier alpha value is -3.81. The Morgan fingerprint density at radius 1 is 1.21 bits per heavy atom. The lowest BCUT2D eigenvalue weighted by Gasteiger charge is -2.25. The summed E-state index contributed by atoms with van der Waals surface area (Å²) in [6.07, 6.45) is 0.173. The summed E-state index contributed by atoms with van der Waals surface area (Å²) >= 11 is 0. The summed E-state index contributed by atoms with van der Waals surface area (Å²) in [4.78, 5) is 35.4. The highest BCUT2D eigenvalue weighted by Crippen LogP contribution is 2.43. The third-order valence-corrected chi connectivity index (χ3v) is 5.55. The first-order valence-electron chi connectivity index (χ1n) is 10.9. The lowest BCUT2D eigenvalue weighted by molar-refractivity contribution is -0.118. The number of nitrogens with zero attached hydrogens (tertiary/aromatic N) is 2. The first-order chi connectivity index (χ1) is 15.7. The Labute approximate surface area is 191 Å². The van der Waals surface area contributed by atoms with Crippen molar-refractivity contribution in [3.8, 4) is 11.5 Å². The van der Waals surface area contributed by atoms with Crippen LogP contribution >= 0.6 is 0 Å². The highest BCUT2D eigenvalue weighted by molar-refractivity contribution is 6.16. The topological polar surface area (TPSA) is 116 Å². The molecule has 1 unspecified atom stereocenters. The van der Waals surface area contributed by atoms with E-state index in [1.165, 1.54) is 11.0 Å². The summed E-state index contributed by atoms with van der Waals surface area (Å²) in [6.45, 7) is 7.86. The van der Waals surface area contributed by atoms with Crippen molar-refractivity contribution < 1.29 is 24.5 Å². The van der Waals surface area contributed by atoms with Crippen LogP contribution in [0.4, 0.5) is 5.95 Å². The molecule has 1 aliphatic heterocycles. The molecule has 8 heteroatoms. The predicted molar refractivity (Wildman–Crippen MR) is 124 cm³/mol. The van der Waals surface area contributed by atoms with Crippen LogP contribution in [-0.4, -0.2) is 38.5 Å². The molecule has 0 fully saturated rings. The monoisotopic (exact) mass is 449 g/mol. The molecule has 1 amide bonds. The molecule has 2 aromatic carbocycles. The maximum Gasteiger partial charge on any atom is 0.296 e.